The Balaban J connectivity index is 2.28. The van der Waals surface area contributed by atoms with E-state index in [4.69, 9.17) is 9.47 Å². The van der Waals surface area contributed by atoms with Crippen LogP contribution in [0.1, 0.15) is 15.9 Å². The van der Waals surface area contributed by atoms with Crippen molar-refractivity contribution in [3.05, 3.63) is 59.7 Å². The van der Waals surface area contributed by atoms with Crippen molar-refractivity contribution in [1.82, 2.24) is 0 Å². The molecule has 2 aromatic rings. The highest BCUT2D eigenvalue weighted by molar-refractivity contribution is 5.92. The Morgan fingerprint density at radius 3 is 2.33 bits per heavy atom. The number of rotatable bonds is 3. The van der Waals surface area contributed by atoms with Crippen molar-refractivity contribution in [2.75, 3.05) is 7.11 Å². The van der Waals surface area contributed by atoms with Gasteiger partial charge in [-0.3, -0.25) is 0 Å². The van der Waals surface area contributed by atoms with Gasteiger partial charge in [-0.2, -0.15) is 0 Å². The molecule has 18 heavy (non-hydrogen) atoms. The largest absolute Gasteiger partial charge is 0.465 e. The summed E-state index contributed by atoms with van der Waals surface area (Å²) in [6, 6.07) is 14.6. The SMILES string of the molecule is COC(=O)c1ccccc1Oc1ccc(C)cc1. The first kappa shape index (κ1) is 12.2. The molecule has 0 spiro atoms. The zero-order chi connectivity index (χ0) is 13.0. The summed E-state index contributed by atoms with van der Waals surface area (Å²) in [7, 11) is 1.35. The molecule has 0 aliphatic carbocycles. The van der Waals surface area contributed by atoms with E-state index < -0.39 is 5.97 Å². The van der Waals surface area contributed by atoms with Gasteiger partial charge in [-0.25, -0.2) is 4.79 Å². The first-order valence-corrected chi connectivity index (χ1v) is 5.62. The first-order chi connectivity index (χ1) is 8.70. The Morgan fingerprint density at radius 1 is 1.00 bits per heavy atom. The minimum atomic E-state index is -0.405. The highest BCUT2D eigenvalue weighted by Crippen LogP contribution is 2.25. The quantitative estimate of drug-likeness (QED) is 0.772. The van der Waals surface area contributed by atoms with Crippen molar-refractivity contribution in [2.45, 2.75) is 6.92 Å². The predicted molar refractivity (Wildman–Crippen MR) is 69.0 cm³/mol. The molecule has 0 N–H and O–H groups in total. The number of hydrogen-bond acceptors (Lipinski definition) is 3. The van der Waals surface area contributed by atoms with Crippen molar-refractivity contribution >= 4 is 5.97 Å². The summed E-state index contributed by atoms with van der Waals surface area (Å²) in [4.78, 5) is 11.6. The molecular formula is C15H14O3. The van der Waals surface area contributed by atoms with Gasteiger partial charge < -0.3 is 9.47 Å². The molecule has 92 valence electrons. The summed E-state index contributed by atoms with van der Waals surface area (Å²) in [6.45, 7) is 2.01. The van der Waals surface area contributed by atoms with Crippen LogP contribution in [0, 0.1) is 6.92 Å². The second-order valence-corrected chi connectivity index (χ2v) is 3.90. The van der Waals surface area contributed by atoms with Gasteiger partial charge in [0, 0.05) is 0 Å². The molecule has 0 unspecified atom stereocenters. The van der Waals surface area contributed by atoms with Crippen LogP contribution in [0.3, 0.4) is 0 Å². The minimum absolute atomic E-state index is 0.405. The molecule has 0 radical (unpaired) electrons. The Kier molecular flexibility index (Phi) is 3.63. The van der Waals surface area contributed by atoms with E-state index in [0.717, 1.165) is 5.56 Å². The maximum atomic E-state index is 11.6. The fourth-order valence-electron chi connectivity index (χ4n) is 1.57. The van der Waals surface area contributed by atoms with Gasteiger partial charge >= 0.3 is 5.97 Å². The summed E-state index contributed by atoms with van der Waals surface area (Å²) >= 11 is 0. The zero-order valence-corrected chi connectivity index (χ0v) is 10.3. The second-order valence-electron chi connectivity index (χ2n) is 3.90. The summed E-state index contributed by atoms with van der Waals surface area (Å²) in [5.74, 6) is 0.780. The monoisotopic (exact) mass is 242 g/mol. The van der Waals surface area contributed by atoms with Crippen molar-refractivity contribution in [1.29, 1.82) is 0 Å². The molecule has 2 rings (SSSR count). The van der Waals surface area contributed by atoms with Crippen LogP contribution in [0.4, 0.5) is 0 Å². The van der Waals surface area contributed by atoms with Gasteiger partial charge in [0.25, 0.3) is 0 Å². The maximum Gasteiger partial charge on any atom is 0.341 e. The van der Waals surface area contributed by atoms with E-state index in [9.17, 15) is 4.79 Å². The first-order valence-electron chi connectivity index (χ1n) is 5.62. The van der Waals surface area contributed by atoms with Gasteiger partial charge in [0.2, 0.25) is 0 Å². The lowest BCUT2D eigenvalue weighted by atomic mass is 10.2. The van der Waals surface area contributed by atoms with Crippen molar-refractivity contribution in [3.8, 4) is 11.5 Å². The van der Waals surface area contributed by atoms with E-state index in [1.54, 1.807) is 18.2 Å². The highest BCUT2D eigenvalue weighted by atomic mass is 16.5. The molecule has 0 aliphatic rings. The number of carbonyl (C=O) groups excluding carboxylic acids is 1. The van der Waals surface area contributed by atoms with E-state index in [0.29, 0.717) is 17.1 Å². The van der Waals surface area contributed by atoms with Gasteiger partial charge in [0.05, 0.1) is 7.11 Å². The maximum absolute atomic E-state index is 11.6. The van der Waals surface area contributed by atoms with Crippen LogP contribution in [0.5, 0.6) is 11.5 Å². The van der Waals surface area contributed by atoms with Gasteiger partial charge in [-0.15, -0.1) is 0 Å². The topological polar surface area (TPSA) is 35.5 Å². The molecule has 0 saturated carbocycles. The van der Waals surface area contributed by atoms with Crippen LogP contribution in [-0.4, -0.2) is 13.1 Å². The molecule has 0 heterocycles. The molecule has 0 bridgehead atoms. The molecule has 0 amide bonds. The van der Waals surface area contributed by atoms with E-state index in [1.165, 1.54) is 7.11 Å². The number of esters is 1. The van der Waals surface area contributed by atoms with Crippen LogP contribution in [0.15, 0.2) is 48.5 Å². The van der Waals surface area contributed by atoms with Crippen LogP contribution < -0.4 is 4.74 Å². The zero-order valence-electron chi connectivity index (χ0n) is 10.3. The van der Waals surface area contributed by atoms with Crippen LogP contribution in [-0.2, 0) is 4.74 Å². The molecule has 0 fully saturated rings. The number of para-hydroxylation sites is 1. The van der Waals surface area contributed by atoms with Crippen LogP contribution in [0.2, 0.25) is 0 Å². The van der Waals surface area contributed by atoms with E-state index in [2.05, 4.69) is 0 Å². The van der Waals surface area contributed by atoms with Gasteiger partial charge in [-0.1, -0.05) is 29.8 Å². The highest BCUT2D eigenvalue weighted by Gasteiger charge is 2.12. The summed E-state index contributed by atoms with van der Waals surface area (Å²) in [5.41, 5.74) is 1.57. The molecule has 2 aromatic carbocycles. The number of aryl methyl sites for hydroxylation is 1. The number of ether oxygens (including phenoxy) is 2. The third-order valence-corrected chi connectivity index (χ3v) is 2.54. The fraction of sp³-hybridized carbons (Fsp3) is 0.133. The van der Waals surface area contributed by atoms with Gasteiger partial charge in [-0.05, 0) is 31.2 Å². The van der Waals surface area contributed by atoms with E-state index in [-0.39, 0.29) is 0 Å². The third kappa shape index (κ3) is 2.69. The molecule has 3 nitrogen and oxygen atoms in total. The molecular weight excluding hydrogens is 228 g/mol. The lowest BCUT2D eigenvalue weighted by Crippen LogP contribution is -2.03. The summed E-state index contributed by atoms with van der Waals surface area (Å²) in [5, 5.41) is 0. The van der Waals surface area contributed by atoms with Crippen molar-refractivity contribution in [2.24, 2.45) is 0 Å². The molecule has 3 heteroatoms. The molecule has 0 aliphatic heterocycles. The average molecular weight is 242 g/mol. The predicted octanol–water partition coefficient (Wildman–Crippen LogP) is 3.57. The Labute approximate surface area is 106 Å². The van der Waals surface area contributed by atoms with Crippen molar-refractivity contribution < 1.29 is 14.3 Å². The second kappa shape index (κ2) is 5.36. The van der Waals surface area contributed by atoms with Gasteiger partial charge in [0.1, 0.15) is 17.1 Å². The third-order valence-electron chi connectivity index (χ3n) is 2.54. The summed E-state index contributed by atoms with van der Waals surface area (Å²) in [6.07, 6.45) is 0. The van der Waals surface area contributed by atoms with Crippen LogP contribution >= 0.6 is 0 Å². The molecule has 0 aromatic heterocycles. The number of benzene rings is 2. The average Bonchev–Trinajstić information content (AvgIpc) is 2.41. The van der Waals surface area contributed by atoms with Crippen LogP contribution in [0.25, 0.3) is 0 Å². The smallest absolute Gasteiger partial charge is 0.341 e. The number of carbonyl (C=O) groups is 1. The molecule has 0 saturated heterocycles. The van der Waals surface area contributed by atoms with Crippen molar-refractivity contribution in [3.63, 3.8) is 0 Å². The standard InChI is InChI=1S/C15H14O3/c1-11-7-9-12(10-8-11)18-14-6-4-3-5-13(14)15(16)17-2/h3-10H,1-2H3. The lowest BCUT2D eigenvalue weighted by Gasteiger charge is -2.09. The number of methoxy groups -OCH3 is 1. The van der Waals surface area contributed by atoms with Gasteiger partial charge in [0.15, 0.2) is 0 Å². The fourth-order valence-corrected chi connectivity index (χ4v) is 1.57. The normalized spacial score (nSPS) is 9.89. The molecule has 0 atom stereocenters. The van der Waals surface area contributed by atoms with E-state index in [1.807, 2.05) is 37.3 Å². The lowest BCUT2D eigenvalue weighted by molar-refractivity contribution is 0.0598. The Bertz CT molecular complexity index is 544. The number of hydrogen-bond donors (Lipinski definition) is 0. The summed E-state index contributed by atoms with van der Waals surface area (Å²) < 4.78 is 10.4. The van der Waals surface area contributed by atoms with E-state index >= 15 is 0 Å². The minimum Gasteiger partial charge on any atom is -0.465 e. The Morgan fingerprint density at radius 2 is 1.67 bits per heavy atom. The Hall–Kier alpha value is -2.29.